The molecule has 0 aliphatic carbocycles. The van der Waals surface area contributed by atoms with Crippen LogP contribution in [-0.2, 0) is 0 Å². The monoisotopic (exact) mass is 256 g/mol. The molecule has 1 heterocycles. The summed E-state index contributed by atoms with van der Waals surface area (Å²) in [6.45, 7) is 4.35. The van der Waals surface area contributed by atoms with Gasteiger partial charge in [-0.2, -0.15) is 0 Å². The molecule has 98 valence electrons. The van der Waals surface area contributed by atoms with Crippen LogP contribution in [0.25, 0.3) is 0 Å². The van der Waals surface area contributed by atoms with Crippen molar-refractivity contribution in [2.24, 2.45) is 0 Å². The zero-order chi connectivity index (χ0) is 13.4. The van der Waals surface area contributed by atoms with Crippen LogP contribution in [0.3, 0.4) is 0 Å². The van der Waals surface area contributed by atoms with Gasteiger partial charge in [-0.05, 0) is 18.6 Å². The lowest BCUT2D eigenvalue weighted by Crippen LogP contribution is -1.97. The highest BCUT2D eigenvalue weighted by atomic mass is 16.7. The molecule has 0 saturated carbocycles. The molecule has 1 N–H and O–H groups in total. The van der Waals surface area contributed by atoms with E-state index >= 15 is 0 Å². The van der Waals surface area contributed by atoms with Crippen LogP contribution in [0.5, 0.6) is 17.2 Å². The molecular formula is C16H16O3. The van der Waals surface area contributed by atoms with E-state index < -0.39 is 0 Å². The van der Waals surface area contributed by atoms with E-state index in [0.717, 1.165) is 5.56 Å². The third-order valence-corrected chi connectivity index (χ3v) is 3.57. The first kappa shape index (κ1) is 11.9. The Balaban J connectivity index is 1.99. The molecule has 3 nitrogen and oxygen atoms in total. The van der Waals surface area contributed by atoms with E-state index in [1.165, 1.54) is 11.1 Å². The van der Waals surface area contributed by atoms with Crippen molar-refractivity contribution in [3.8, 4) is 17.2 Å². The number of fused-ring (bicyclic) bond motifs is 1. The summed E-state index contributed by atoms with van der Waals surface area (Å²) in [6, 6.07) is 11.8. The van der Waals surface area contributed by atoms with E-state index in [-0.39, 0.29) is 18.5 Å². The normalized spacial score (nSPS) is 14.4. The maximum Gasteiger partial charge on any atom is 0.231 e. The van der Waals surface area contributed by atoms with Gasteiger partial charge in [0.05, 0.1) is 0 Å². The first-order valence-corrected chi connectivity index (χ1v) is 6.34. The predicted octanol–water partition coefficient (Wildman–Crippen LogP) is 3.58. The van der Waals surface area contributed by atoms with Crippen LogP contribution in [0.4, 0.5) is 0 Å². The maximum atomic E-state index is 10.1. The van der Waals surface area contributed by atoms with Crippen molar-refractivity contribution in [1.29, 1.82) is 0 Å². The number of hydrogen-bond donors (Lipinski definition) is 1. The fourth-order valence-electron chi connectivity index (χ4n) is 2.33. The Morgan fingerprint density at radius 3 is 2.37 bits per heavy atom. The third-order valence-electron chi connectivity index (χ3n) is 3.57. The number of phenols is 1. The average Bonchev–Trinajstić information content (AvgIpc) is 2.85. The van der Waals surface area contributed by atoms with Gasteiger partial charge in [0.15, 0.2) is 11.5 Å². The summed E-state index contributed by atoms with van der Waals surface area (Å²) in [7, 11) is 0. The fraction of sp³-hybridized carbons (Fsp3) is 0.250. The van der Waals surface area contributed by atoms with Crippen LogP contribution in [-0.4, -0.2) is 11.9 Å². The molecule has 1 aliphatic rings. The number of benzene rings is 2. The van der Waals surface area contributed by atoms with Gasteiger partial charge in [-0.25, -0.2) is 0 Å². The molecular weight excluding hydrogens is 240 g/mol. The quantitative estimate of drug-likeness (QED) is 0.892. The molecule has 1 atom stereocenters. The van der Waals surface area contributed by atoms with E-state index in [9.17, 15) is 5.11 Å². The second-order valence-corrected chi connectivity index (χ2v) is 4.90. The Labute approximate surface area is 112 Å². The lowest BCUT2D eigenvalue weighted by molar-refractivity contribution is 0.174. The predicted molar refractivity (Wildman–Crippen MR) is 72.9 cm³/mol. The van der Waals surface area contributed by atoms with Gasteiger partial charge in [0, 0.05) is 17.5 Å². The smallest absolute Gasteiger partial charge is 0.231 e. The van der Waals surface area contributed by atoms with E-state index in [1.54, 1.807) is 6.07 Å². The highest BCUT2D eigenvalue weighted by Gasteiger charge is 2.20. The first-order valence-electron chi connectivity index (χ1n) is 6.34. The summed E-state index contributed by atoms with van der Waals surface area (Å²) in [5.41, 5.74) is 3.25. The lowest BCUT2D eigenvalue weighted by Gasteiger charge is -2.15. The molecule has 0 fully saturated rings. The molecule has 1 unspecified atom stereocenters. The van der Waals surface area contributed by atoms with Crippen LogP contribution in [0.2, 0.25) is 0 Å². The van der Waals surface area contributed by atoms with E-state index in [1.807, 2.05) is 6.07 Å². The molecule has 0 saturated heterocycles. The number of rotatable bonds is 2. The molecule has 1 aliphatic heterocycles. The summed E-state index contributed by atoms with van der Waals surface area (Å²) < 4.78 is 10.6. The molecule has 2 aromatic carbocycles. The van der Waals surface area contributed by atoms with Gasteiger partial charge >= 0.3 is 0 Å². The molecule has 0 amide bonds. The fourth-order valence-corrected chi connectivity index (χ4v) is 2.33. The zero-order valence-corrected chi connectivity index (χ0v) is 11.0. The molecule has 0 spiro atoms. The number of phenolic OH excluding ortho intramolecular Hbond substituents is 1. The second kappa shape index (κ2) is 4.50. The van der Waals surface area contributed by atoms with Crippen LogP contribution in [0.1, 0.15) is 29.5 Å². The largest absolute Gasteiger partial charge is 0.508 e. The van der Waals surface area contributed by atoms with E-state index in [0.29, 0.717) is 11.5 Å². The SMILES string of the molecule is Cc1ccc(C(C)c2cc3c(cc2O)OCO3)cc1. The highest BCUT2D eigenvalue weighted by molar-refractivity contribution is 5.54. The molecule has 0 radical (unpaired) electrons. The highest BCUT2D eigenvalue weighted by Crippen LogP contribution is 2.41. The minimum atomic E-state index is 0.107. The van der Waals surface area contributed by atoms with Crippen LogP contribution in [0, 0.1) is 6.92 Å². The van der Waals surface area contributed by atoms with E-state index in [4.69, 9.17) is 9.47 Å². The Hall–Kier alpha value is -2.16. The van der Waals surface area contributed by atoms with E-state index in [2.05, 4.69) is 38.1 Å². The number of aryl methyl sites for hydroxylation is 1. The van der Waals surface area contributed by atoms with Crippen LogP contribution >= 0.6 is 0 Å². The first-order chi connectivity index (χ1) is 9.15. The van der Waals surface area contributed by atoms with Gasteiger partial charge in [0.25, 0.3) is 0 Å². The van der Waals surface area contributed by atoms with Gasteiger partial charge in [-0.1, -0.05) is 36.8 Å². The van der Waals surface area contributed by atoms with Crippen molar-refractivity contribution < 1.29 is 14.6 Å². The second-order valence-electron chi connectivity index (χ2n) is 4.90. The topological polar surface area (TPSA) is 38.7 Å². The molecule has 0 bridgehead atoms. The van der Waals surface area contributed by atoms with Crippen LogP contribution < -0.4 is 9.47 Å². The summed E-state index contributed by atoms with van der Waals surface area (Å²) in [4.78, 5) is 0. The Morgan fingerprint density at radius 1 is 1.05 bits per heavy atom. The minimum absolute atomic E-state index is 0.107. The minimum Gasteiger partial charge on any atom is -0.508 e. The summed E-state index contributed by atoms with van der Waals surface area (Å²) in [5, 5.41) is 10.1. The van der Waals surface area contributed by atoms with Crippen molar-refractivity contribution in [1.82, 2.24) is 0 Å². The van der Waals surface area contributed by atoms with Gasteiger partial charge in [0.1, 0.15) is 5.75 Å². The van der Waals surface area contributed by atoms with Gasteiger partial charge in [-0.15, -0.1) is 0 Å². The molecule has 19 heavy (non-hydrogen) atoms. The summed E-state index contributed by atoms with van der Waals surface area (Å²) in [5.74, 6) is 1.66. The number of aromatic hydroxyl groups is 1. The van der Waals surface area contributed by atoms with Crippen molar-refractivity contribution in [3.63, 3.8) is 0 Å². The molecule has 3 rings (SSSR count). The van der Waals surface area contributed by atoms with Crippen molar-refractivity contribution in [2.45, 2.75) is 19.8 Å². The third kappa shape index (κ3) is 2.12. The molecule has 0 aromatic heterocycles. The Bertz CT molecular complexity index is 602. The van der Waals surface area contributed by atoms with Gasteiger partial charge < -0.3 is 14.6 Å². The Kier molecular flexibility index (Phi) is 2.82. The van der Waals surface area contributed by atoms with Crippen molar-refractivity contribution in [3.05, 3.63) is 53.1 Å². The number of hydrogen-bond acceptors (Lipinski definition) is 3. The number of ether oxygens (including phenoxy) is 2. The summed E-state index contributed by atoms with van der Waals surface area (Å²) in [6.07, 6.45) is 0. The maximum absolute atomic E-state index is 10.1. The zero-order valence-electron chi connectivity index (χ0n) is 11.0. The average molecular weight is 256 g/mol. The standard InChI is InChI=1S/C16H16O3/c1-10-3-5-12(6-4-10)11(2)13-7-15-16(8-14(13)17)19-9-18-15/h3-8,11,17H,9H2,1-2H3. The lowest BCUT2D eigenvalue weighted by atomic mass is 9.91. The van der Waals surface area contributed by atoms with Gasteiger partial charge in [0.2, 0.25) is 6.79 Å². The van der Waals surface area contributed by atoms with Crippen LogP contribution in [0.15, 0.2) is 36.4 Å². The molecule has 3 heteroatoms. The Morgan fingerprint density at radius 2 is 1.68 bits per heavy atom. The van der Waals surface area contributed by atoms with Crippen molar-refractivity contribution in [2.75, 3.05) is 6.79 Å². The van der Waals surface area contributed by atoms with Gasteiger partial charge in [-0.3, -0.25) is 0 Å². The molecule has 2 aromatic rings. The summed E-state index contributed by atoms with van der Waals surface area (Å²) >= 11 is 0. The van der Waals surface area contributed by atoms with Crippen molar-refractivity contribution >= 4 is 0 Å².